The zero-order valence-electron chi connectivity index (χ0n) is 8.42. The number of carbonyl (C=O) groups is 1. The second-order valence-corrected chi connectivity index (χ2v) is 3.80. The monoisotopic (exact) mass is 189 g/mol. The number of rotatable bonds is 2. The molecule has 1 heterocycles. The minimum atomic E-state index is 0.178. The minimum Gasteiger partial charge on any atom is -0.355 e. The quantitative estimate of drug-likeness (QED) is 0.755. The second kappa shape index (κ2) is 3.82. The smallest absolute Gasteiger partial charge is 0.220 e. The third-order valence-electron chi connectivity index (χ3n) is 2.81. The van der Waals surface area contributed by atoms with Crippen LogP contribution in [0.4, 0.5) is 0 Å². The maximum absolute atomic E-state index is 11.1. The molecule has 1 atom stereocenters. The van der Waals surface area contributed by atoms with Crippen molar-refractivity contribution in [2.24, 2.45) is 0 Å². The zero-order valence-corrected chi connectivity index (χ0v) is 8.42. The molecule has 2 heteroatoms. The highest BCUT2D eigenvalue weighted by atomic mass is 16.1. The van der Waals surface area contributed by atoms with Gasteiger partial charge in [0.15, 0.2) is 0 Å². The van der Waals surface area contributed by atoms with Gasteiger partial charge in [-0.15, -0.1) is 0 Å². The number of amides is 1. The highest BCUT2D eigenvalue weighted by molar-refractivity contribution is 5.79. The summed E-state index contributed by atoms with van der Waals surface area (Å²) in [5.74, 6) is 0.561. The van der Waals surface area contributed by atoms with Crippen molar-refractivity contribution in [3.05, 3.63) is 35.4 Å². The fraction of sp³-hybridized carbons (Fsp3) is 0.417. The van der Waals surface area contributed by atoms with E-state index in [9.17, 15) is 4.79 Å². The number of aryl methyl sites for hydroxylation is 1. The number of hydrogen-bond donors (Lipinski definition) is 1. The SMILES string of the molecule is CCc1cccc(C2CNC(=O)C2)c1. The van der Waals surface area contributed by atoms with Crippen LogP contribution in [0, 0.1) is 0 Å². The van der Waals surface area contributed by atoms with Crippen LogP contribution in [-0.2, 0) is 11.2 Å². The Hall–Kier alpha value is -1.31. The van der Waals surface area contributed by atoms with E-state index in [4.69, 9.17) is 0 Å². The van der Waals surface area contributed by atoms with Gasteiger partial charge in [-0.05, 0) is 17.5 Å². The average Bonchev–Trinajstić information content (AvgIpc) is 2.65. The van der Waals surface area contributed by atoms with E-state index >= 15 is 0 Å². The van der Waals surface area contributed by atoms with Crippen molar-refractivity contribution in [2.75, 3.05) is 6.54 Å². The molecule has 0 radical (unpaired) electrons. The van der Waals surface area contributed by atoms with E-state index in [1.165, 1.54) is 11.1 Å². The van der Waals surface area contributed by atoms with Crippen LogP contribution in [0.15, 0.2) is 24.3 Å². The largest absolute Gasteiger partial charge is 0.355 e. The summed E-state index contributed by atoms with van der Waals surface area (Å²) in [5.41, 5.74) is 2.64. The molecule has 1 aliphatic rings. The van der Waals surface area contributed by atoms with Gasteiger partial charge < -0.3 is 5.32 Å². The summed E-state index contributed by atoms with van der Waals surface area (Å²) in [6, 6.07) is 8.54. The van der Waals surface area contributed by atoms with Crippen molar-refractivity contribution < 1.29 is 4.79 Å². The third kappa shape index (κ3) is 1.79. The van der Waals surface area contributed by atoms with Crippen LogP contribution in [-0.4, -0.2) is 12.5 Å². The molecule has 1 aromatic rings. The molecule has 1 unspecified atom stereocenters. The van der Waals surface area contributed by atoms with Crippen molar-refractivity contribution in [3.63, 3.8) is 0 Å². The van der Waals surface area contributed by atoms with Crippen LogP contribution in [0.2, 0.25) is 0 Å². The van der Waals surface area contributed by atoms with Crippen LogP contribution < -0.4 is 5.32 Å². The van der Waals surface area contributed by atoms with Gasteiger partial charge in [-0.3, -0.25) is 4.79 Å². The molecule has 14 heavy (non-hydrogen) atoms. The van der Waals surface area contributed by atoms with Crippen molar-refractivity contribution in [3.8, 4) is 0 Å². The molecular formula is C12H15NO. The molecular weight excluding hydrogens is 174 g/mol. The Morgan fingerprint density at radius 2 is 2.36 bits per heavy atom. The lowest BCUT2D eigenvalue weighted by Gasteiger charge is -2.08. The first kappa shape index (κ1) is 9.25. The van der Waals surface area contributed by atoms with Gasteiger partial charge in [-0.1, -0.05) is 31.2 Å². The summed E-state index contributed by atoms with van der Waals surface area (Å²) in [4.78, 5) is 11.1. The van der Waals surface area contributed by atoms with E-state index in [1.807, 2.05) is 0 Å². The lowest BCUT2D eigenvalue weighted by molar-refractivity contribution is -0.119. The standard InChI is InChI=1S/C12H15NO/c1-2-9-4-3-5-10(6-9)11-7-12(14)13-8-11/h3-6,11H,2,7-8H2,1H3,(H,13,14). The molecule has 0 spiro atoms. The van der Waals surface area contributed by atoms with Gasteiger partial charge in [0.2, 0.25) is 5.91 Å². The predicted octanol–water partition coefficient (Wildman–Crippen LogP) is 1.85. The van der Waals surface area contributed by atoms with Gasteiger partial charge in [0.25, 0.3) is 0 Å². The summed E-state index contributed by atoms with van der Waals surface area (Å²) >= 11 is 0. The van der Waals surface area contributed by atoms with E-state index in [0.717, 1.165) is 13.0 Å². The predicted molar refractivity (Wildman–Crippen MR) is 56.2 cm³/mol. The number of nitrogens with one attached hydrogen (secondary N) is 1. The molecule has 1 fully saturated rings. The fourth-order valence-corrected chi connectivity index (χ4v) is 1.91. The van der Waals surface area contributed by atoms with Crippen LogP contribution in [0.25, 0.3) is 0 Å². The molecule has 0 saturated carbocycles. The summed E-state index contributed by atoms with van der Waals surface area (Å²) in [6.45, 7) is 2.95. The molecule has 2 nitrogen and oxygen atoms in total. The van der Waals surface area contributed by atoms with Gasteiger partial charge in [0, 0.05) is 18.9 Å². The van der Waals surface area contributed by atoms with Crippen molar-refractivity contribution >= 4 is 5.91 Å². The molecule has 0 aliphatic carbocycles. The highest BCUT2D eigenvalue weighted by Gasteiger charge is 2.22. The van der Waals surface area contributed by atoms with Crippen LogP contribution in [0.1, 0.15) is 30.4 Å². The number of hydrogen-bond acceptors (Lipinski definition) is 1. The Morgan fingerprint density at radius 1 is 1.50 bits per heavy atom. The Kier molecular flexibility index (Phi) is 2.53. The molecule has 1 saturated heterocycles. The molecule has 1 N–H and O–H groups in total. The zero-order chi connectivity index (χ0) is 9.97. The van der Waals surface area contributed by atoms with Crippen molar-refractivity contribution in [2.45, 2.75) is 25.7 Å². The van der Waals surface area contributed by atoms with Gasteiger partial charge in [-0.2, -0.15) is 0 Å². The first-order chi connectivity index (χ1) is 6.79. The second-order valence-electron chi connectivity index (χ2n) is 3.80. The maximum atomic E-state index is 11.1. The molecule has 0 aromatic heterocycles. The van der Waals surface area contributed by atoms with Gasteiger partial charge >= 0.3 is 0 Å². The molecule has 1 aromatic carbocycles. The third-order valence-corrected chi connectivity index (χ3v) is 2.81. The van der Waals surface area contributed by atoms with E-state index in [-0.39, 0.29) is 5.91 Å². The summed E-state index contributed by atoms with van der Waals surface area (Å²) < 4.78 is 0. The van der Waals surface area contributed by atoms with Crippen LogP contribution >= 0.6 is 0 Å². The Labute approximate surface area is 84.3 Å². The average molecular weight is 189 g/mol. The summed E-state index contributed by atoms with van der Waals surface area (Å²) in [7, 11) is 0. The topological polar surface area (TPSA) is 29.1 Å². The van der Waals surface area contributed by atoms with Crippen LogP contribution in [0.3, 0.4) is 0 Å². The first-order valence-corrected chi connectivity index (χ1v) is 5.15. The Balaban J connectivity index is 2.19. The van der Waals surface area contributed by atoms with E-state index in [0.29, 0.717) is 12.3 Å². The lowest BCUT2D eigenvalue weighted by Crippen LogP contribution is -2.13. The molecule has 74 valence electrons. The van der Waals surface area contributed by atoms with E-state index in [2.05, 4.69) is 36.5 Å². The molecule has 0 bridgehead atoms. The Morgan fingerprint density at radius 3 is 3.00 bits per heavy atom. The van der Waals surface area contributed by atoms with E-state index < -0.39 is 0 Å². The molecule has 1 amide bonds. The minimum absolute atomic E-state index is 0.178. The van der Waals surface area contributed by atoms with Gasteiger partial charge in [0.1, 0.15) is 0 Å². The van der Waals surface area contributed by atoms with Crippen LogP contribution in [0.5, 0.6) is 0 Å². The maximum Gasteiger partial charge on any atom is 0.220 e. The van der Waals surface area contributed by atoms with Gasteiger partial charge in [0.05, 0.1) is 0 Å². The lowest BCUT2D eigenvalue weighted by atomic mass is 9.96. The first-order valence-electron chi connectivity index (χ1n) is 5.15. The Bertz CT molecular complexity index is 346. The number of benzene rings is 1. The molecule has 2 rings (SSSR count). The molecule has 1 aliphatic heterocycles. The van der Waals surface area contributed by atoms with Crippen molar-refractivity contribution in [1.29, 1.82) is 0 Å². The normalized spacial score (nSPS) is 20.9. The summed E-state index contributed by atoms with van der Waals surface area (Å²) in [5, 5.41) is 2.87. The fourth-order valence-electron chi connectivity index (χ4n) is 1.91. The highest BCUT2D eigenvalue weighted by Crippen LogP contribution is 2.23. The summed E-state index contributed by atoms with van der Waals surface area (Å²) in [6.07, 6.45) is 1.70. The number of carbonyl (C=O) groups excluding carboxylic acids is 1. The van der Waals surface area contributed by atoms with Gasteiger partial charge in [-0.25, -0.2) is 0 Å². The van der Waals surface area contributed by atoms with Crippen molar-refractivity contribution in [1.82, 2.24) is 5.32 Å². The van der Waals surface area contributed by atoms with E-state index in [1.54, 1.807) is 0 Å².